The summed E-state index contributed by atoms with van der Waals surface area (Å²) in [6.07, 6.45) is 6.83. The van der Waals surface area contributed by atoms with E-state index in [-0.39, 0.29) is 12.2 Å². The maximum absolute atomic E-state index is 9.57. The fraction of sp³-hybridized carbons (Fsp3) is 0.692. The van der Waals surface area contributed by atoms with Gasteiger partial charge in [-0.2, -0.15) is 0 Å². The highest BCUT2D eigenvalue weighted by atomic mass is 16.5. The molecule has 1 aliphatic heterocycles. The Morgan fingerprint density at radius 2 is 2.13 bits per heavy atom. The Kier molecular flexibility index (Phi) is 5.06. The Hall–Kier alpha value is -0.600. The van der Waals surface area contributed by atoms with E-state index in [0.717, 1.165) is 19.3 Å². The van der Waals surface area contributed by atoms with Crippen LogP contribution < -0.4 is 0 Å². The van der Waals surface area contributed by atoms with Gasteiger partial charge < -0.3 is 9.84 Å². The van der Waals surface area contributed by atoms with E-state index in [1.165, 1.54) is 11.1 Å². The molecule has 0 bridgehead atoms. The third-order valence-electron chi connectivity index (χ3n) is 2.64. The zero-order chi connectivity index (χ0) is 11.3. The van der Waals surface area contributed by atoms with E-state index in [4.69, 9.17) is 4.74 Å². The Balaban J connectivity index is 2.35. The molecule has 2 atom stereocenters. The Bertz CT molecular complexity index is 249. The van der Waals surface area contributed by atoms with Crippen molar-refractivity contribution in [2.24, 2.45) is 0 Å². The Morgan fingerprint density at radius 3 is 2.67 bits per heavy atom. The summed E-state index contributed by atoms with van der Waals surface area (Å²) in [6, 6.07) is 0. The van der Waals surface area contributed by atoms with Gasteiger partial charge in [-0.05, 0) is 40.0 Å². The maximum atomic E-state index is 9.57. The molecule has 15 heavy (non-hydrogen) atoms. The fourth-order valence-corrected chi connectivity index (χ4v) is 1.71. The molecule has 1 aliphatic rings. The molecule has 86 valence electrons. The molecular formula is C13H22O2. The number of aliphatic hydroxyl groups is 1. The van der Waals surface area contributed by atoms with Crippen molar-refractivity contribution in [2.75, 3.05) is 6.61 Å². The fourth-order valence-electron chi connectivity index (χ4n) is 1.71. The van der Waals surface area contributed by atoms with Crippen LogP contribution in [0.3, 0.4) is 0 Å². The smallest absolute Gasteiger partial charge is 0.102 e. The summed E-state index contributed by atoms with van der Waals surface area (Å²) in [5.74, 6) is 0. The van der Waals surface area contributed by atoms with Gasteiger partial charge in [0.05, 0.1) is 12.7 Å². The van der Waals surface area contributed by atoms with Crippen LogP contribution in [-0.2, 0) is 4.74 Å². The first-order chi connectivity index (χ1) is 7.09. The van der Waals surface area contributed by atoms with Crippen LogP contribution in [-0.4, -0.2) is 23.9 Å². The summed E-state index contributed by atoms with van der Waals surface area (Å²) in [7, 11) is 0. The molecule has 0 aromatic carbocycles. The van der Waals surface area contributed by atoms with Crippen LogP contribution in [0.2, 0.25) is 0 Å². The summed E-state index contributed by atoms with van der Waals surface area (Å²) >= 11 is 0. The predicted octanol–water partition coefficient (Wildman–Crippen LogP) is 2.83. The van der Waals surface area contributed by atoms with Crippen LogP contribution in [0.5, 0.6) is 0 Å². The normalized spacial score (nSPS) is 26.8. The highest BCUT2D eigenvalue weighted by Gasteiger charge is 2.23. The van der Waals surface area contributed by atoms with Crippen molar-refractivity contribution in [3.05, 3.63) is 23.3 Å². The van der Waals surface area contributed by atoms with E-state index >= 15 is 0 Å². The molecule has 0 amide bonds. The molecule has 0 spiro atoms. The first-order valence-corrected chi connectivity index (χ1v) is 5.70. The van der Waals surface area contributed by atoms with E-state index in [1.807, 2.05) is 0 Å². The van der Waals surface area contributed by atoms with Crippen molar-refractivity contribution in [2.45, 2.75) is 52.2 Å². The molecule has 1 N–H and O–H groups in total. The lowest BCUT2D eigenvalue weighted by Gasteiger charge is -2.10. The van der Waals surface area contributed by atoms with Crippen molar-refractivity contribution in [1.82, 2.24) is 0 Å². The van der Waals surface area contributed by atoms with E-state index < -0.39 is 0 Å². The molecule has 0 radical (unpaired) electrons. The van der Waals surface area contributed by atoms with Crippen LogP contribution in [0.4, 0.5) is 0 Å². The van der Waals surface area contributed by atoms with Crippen LogP contribution >= 0.6 is 0 Å². The van der Waals surface area contributed by atoms with Crippen molar-refractivity contribution in [1.29, 1.82) is 0 Å². The lowest BCUT2D eigenvalue weighted by Crippen LogP contribution is -2.18. The standard InChI is InChI=1S/C13H22O2/c1-10(2)5-4-6-11(3)9-13-12(14)7-8-15-13/h5,9,12-14H,4,6-8H2,1-3H3/b11-9-/t12-,13-/m0/s1. The van der Waals surface area contributed by atoms with Crippen molar-refractivity contribution >= 4 is 0 Å². The van der Waals surface area contributed by atoms with Crippen LogP contribution in [0.15, 0.2) is 23.3 Å². The molecule has 0 saturated carbocycles. The first kappa shape index (κ1) is 12.5. The van der Waals surface area contributed by atoms with Gasteiger partial charge >= 0.3 is 0 Å². The Labute approximate surface area is 92.6 Å². The first-order valence-electron chi connectivity index (χ1n) is 5.70. The third-order valence-corrected chi connectivity index (χ3v) is 2.64. The zero-order valence-electron chi connectivity index (χ0n) is 9.99. The van der Waals surface area contributed by atoms with Crippen molar-refractivity contribution in [3.8, 4) is 0 Å². The number of rotatable bonds is 4. The Morgan fingerprint density at radius 1 is 1.40 bits per heavy atom. The molecule has 1 fully saturated rings. The van der Waals surface area contributed by atoms with Gasteiger partial charge in [0.2, 0.25) is 0 Å². The zero-order valence-corrected chi connectivity index (χ0v) is 9.99. The molecule has 0 aromatic rings. The van der Waals surface area contributed by atoms with Crippen molar-refractivity contribution in [3.63, 3.8) is 0 Å². The van der Waals surface area contributed by atoms with E-state index in [9.17, 15) is 5.11 Å². The van der Waals surface area contributed by atoms with Crippen molar-refractivity contribution < 1.29 is 9.84 Å². The molecule has 0 aromatic heterocycles. The van der Waals surface area contributed by atoms with E-state index in [0.29, 0.717) is 6.61 Å². The van der Waals surface area contributed by atoms with Gasteiger partial charge in [0.25, 0.3) is 0 Å². The highest BCUT2D eigenvalue weighted by molar-refractivity contribution is 5.07. The van der Waals surface area contributed by atoms with Crippen LogP contribution in [0, 0.1) is 0 Å². The summed E-state index contributed by atoms with van der Waals surface area (Å²) in [4.78, 5) is 0. The molecule has 2 heteroatoms. The summed E-state index contributed by atoms with van der Waals surface area (Å²) in [6.45, 7) is 7.02. The lowest BCUT2D eigenvalue weighted by atomic mass is 10.1. The lowest BCUT2D eigenvalue weighted by molar-refractivity contribution is 0.0742. The van der Waals surface area contributed by atoms with Crippen LogP contribution in [0.1, 0.15) is 40.0 Å². The minimum atomic E-state index is -0.302. The van der Waals surface area contributed by atoms with Crippen LogP contribution in [0.25, 0.3) is 0 Å². The molecule has 1 rings (SSSR count). The third kappa shape index (κ3) is 4.63. The average Bonchev–Trinajstić information content (AvgIpc) is 2.51. The van der Waals surface area contributed by atoms with Gasteiger partial charge in [-0.15, -0.1) is 0 Å². The SMILES string of the molecule is CC(C)=CCC/C(C)=C\[C@@H]1OCC[C@@H]1O. The predicted molar refractivity (Wildman–Crippen MR) is 62.8 cm³/mol. The quantitative estimate of drug-likeness (QED) is 0.723. The van der Waals surface area contributed by atoms with E-state index in [1.54, 1.807) is 0 Å². The second kappa shape index (κ2) is 6.09. The van der Waals surface area contributed by atoms with Gasteiger partial charge in [0.1, 0.15) is 6.10 Å². The van der Waals surface area contributed by atoms with E-state index in [2.05, 4.69) is 32.9 Å². The molecular weight excluding hydrogens is 188 g/mol. The maximum Gasteiger partial charge on any atom is 0.102 e. The molecule has 1 saturated heterocycles. The summed E-state index contributed by atoms with van der Waals surface area (Å²) < 4.78 is 5.42. The number of hydrogen-bond donors (Lipinski definition) is 1. The molecule has 2 nitrogen and oxygen atoms in total. The summed E-state index contributed by atoms with van der Waals surface area (Å²) in [5.41, 5.74) is 2.67. The minimum Gasteiger partial charge on any atom is -0.390 e. The van der Waals surface area contributed by atoms with Gasteiger partial charge in [-0.3, -0.25) is 0 Å². The monoisotopic (exact) mass is 210 g/mol. The van der Waals surface area contributed by atoms with Gasteiger partial charge in [0, 0.05) is 0 Å². The molecule has 0 aliphatic carbocycles. The van der Waals surface area contributed by atoms with Gasteiger partial charge in [-0.1, -0.05) is 23.3 Å². The average molecular weight is 210 g/mol. The molecule has 0 unspecified atom stereocenters. The number of allylic oxidation sites excluding steroid dienone is 3. The van der Waals surface area contributed by atoms with Gasteiger partial charge in [-0.25, -0.2) is 0 Å². The molecule has 1 heterocycles. The topological polar surface area (TPSA) is 29.5 Å². The number of ether oxygens (including phenoxy) is 1. The second-order valence-corrected chi connectivity index (χ2v) is 4.52. The minimum absolute atomic E-state index is 0.0725. The number of aliphatic hydroxyl groups excluding tert-OH is 1. The highest BCUT2D eigenvalue weighted by Crippen LogP contribution is 2.17. The second-order valence-electron chi connectivity index (χ2n) is 4.52. The number of hydrogen-bond acceptors (Lipinski definition) is 2. The summed E-state index contributed by atoms with van der Waals surface area (Å²) in [5, 5.41) is 9.57. The largest absolute Gasteiger partial charge is 0.390 e. The van der Waals surface area contributed by atoms with Gasteiger partial charge in [0.15, 0.2) is 0 Å².